The predicted octanol–water partition coefficient (Wildman–Crippen LogP) is 0.952. The lowest BCUT2D eigenvalue weighted by Gasteiger charge is -2.07. The number of hydrogen-bond donors (Lipinski definition) is 2. The van der Waals surface area contributed by atoms with Gasteiger partial charge in [-0.1, -0.05) is 5.16 Å². The number of aromatic nitrogens is 1. The van der Waals surface area contributed by atoms with E-state index in [-0.39, 0.29) is 22.8 Å². The molecule has 0 unspecified atom stereocenters. The molecular formula is C11H12N4O5S. The summed E-state index contributed by atoms with van der Waals surface area (Å²) in [7, 11) is -3.91. The van der Waals surface area contributed by atoms with Gasteiger partial charge in [-0.3, -0.25) is 10.1 Å². The molecule has 0 spiro atoms. The molecule has 0 saturated carbocycles. The molecule has 3 N–H and O–H groups in total. The van der Waals surface area contributed by atoms with Gasteiger partial charge >= 0.3 is 0 Å². The third kappa shape index (κ3) is 3.35. The van der Waals surface area contributed by atoms with Crippen LogP contribution < -0.4 is 10.5 Å². The van der Waals surface area contributed by atoms with E-state index in [4.69, 9.17) is 10.3 Å². The van der Waals surface area contributed by atoms with E-state index < -0.39 is 14.9 Å². The number of nitrogens with two attached hydrogens (primary N) is 1. The molecule has 10 heteroatoms. The molecule has 21 heavy (non-hydrogen) atoms. The molecule has 0 amide bonds. The van der Waals surface area contributed by atoms with Gasteiger partial charge in [0.2, 0.25) is 10.0 Å². The Bertz CT molecular complexity index is 784. The van der Waals surface area contributed by atoms with Gasteiger partial charge in [0, 0.05) is 18.2 Å². The summed E-state index contributed by atoms with van der Waals surface area (Å²) < 4.78 is 31.3. The number of benzene rings is 1. The van der Waals surface area contributed by atoms with Crippen LogP contribution in [-0.2, 0) is 16.6 Å². The minimum Gasteiger partial charge on any atom is -0.397 e. The Kier molecular flexibility index (Phi) is 3.91. The van der Waals surface area contributed by atoms with Gasteiger partial charge in [0.25, 0.3) is 5.69 Å². The SMILES string of the molecule is Cc1cc(CNS(=O)(=O)c2ccc([N+](=O)[O-])cc2N)on1. The molecule has 0 saturated heterocycles. The van der Waals surface area contributed by atoms with Gasteiger partial charge in [-0.05, 0) is 13.0 Å². The zero-order valence-corrected chi connectivity index (χ0v) is 11.8. The highest BCUT2D eigenvalue weighted by molar-refractivity contribution is 7.89. The van der Waals surface area contributed by atoms with E-state index in [1.54, 1.807) is 13.0 Å². The molecule has 112 valence electrons. The molecule has 0 radical (unpaired) electrons. The molecule has 0 fully saturated rings. The van der Waals surface area contributed by atoms with Gasteiger partial charge < -0.3 is 10.3 Å². The smallest absolute Gasteiger partial charge is 0.271 e. The average Bonchev–Trinajstić information content (AvgIpc) is 2.82. The average molecular weight is 312 g/mol. The quantitative estimate of drug-likeness (QED) is 0.475. The Morgan fingerprint density at radius 2 is 2.14 bits per heavy atom. The van der Waals surface area contributed by atoms with Crippen LogP contribution in [0.2, 0.25) is 0 Å². The van der Waals surface area contributed by atoms with Gasteiger partial charge in [0.1, 0.15) is 4.90 Å². The fourth-order valence-electron chi connectivity index (χ4n) is 1.64. The number of anilines is 1. The molecule has 9 nitrogen and oxygen atoms in total. The Balaban J connectivity index is 2.21. The van der Waals surface area contributed by atoms with Crippen LogP contribution in [-0.4, -0.2) is 18.5 Å². The lowest BCUT2D eigenvalue weighted by Crippen LogP contribution is -2.24. The Hall–Kier alpha value is -2.46. The first kappa shape index (κ1) is 14.9. The summed E-state index contributed by atoms with van der Waals surface area (Å²) in [5, 5.41) is 14.2. The number of nitrogens with zero attached hydrogens (tertiary/aromatic N) is 2. The van der Waals surface area contributed by atoms with Crippen molar-refractivity contribution in [2.45, 2.75) is 18.4 Å². The van der Waals surface area contributed by atoms with E-state index in [9.17, 15) is 18.5 Å². The van der Waals surface area contributed by atoms with Crippen molar-refractivity contribution in [3.8, 4) is 0 Å². The maximum atomic E-state index is 12.1. The van der Waals surface area contributed by atoms with Gasteiger partial charge in [-0.15, -0.1) is 0 Å². The lowest BCUT2D eigenvalue weighted by molar-refractivity contribution is -0.384. The molecule has 0 aliphatic heterocycles. The standard InChI is InChI=1S/C11H12N4O5S/c1-7-4-9(20-14-7)6-13-21(18,19)11-3-2-8(15(16)17)5-10(11)12/h2-5,13H,6,12H2,1H3. The third-order valence-corrected chi connectivity index (χ3v) is 4.08. The first-order valence-electron chi connectivity index (χ1n) is 5.75. The van der Waals surface area contributed by atoms with Crippen molar-refractivity contribution in [3.63, 3.8) is 0 Å². The van der Waals surface area contributed by atoms with E-state index in [0.29, 0.717) is 11.5 Å². The minimum absolute atomic E-state index is 0.0976. The molecule has 1 aromatic carbocycles. The zero-order chi connectivity index (χ0) is 15.6. The highest BCUT2D eigenvalue weighted by atomic mass is 32.2. The van der Waals surface area contributed by atoms with E-state index in [0.717, 1.165) is 18.2 Å². The number of sulfonamides is 1. The number of nitrogens with one attached hydrogen (secondary N) is 1. The molecule has 2 aromatic rings. The van der Waals surface area contributed by atoms with E-state index in [1.807, 2.05) is 0 Å². The van der Waals surface area contributed by atoms with Crippen LogP contribution in [0.5, 0.6) is 0 Å². The zero-order valence-electron chi connectivity index (χ0n) is 10.9. The van der Waals surface area contributed by atoms with Crippen LogP contribution in [0.3, 0.4) is 0 Å². The monoisotopic (exact) mass is 312 g/mol. The first-order chi connectivity index (χ1) is 9.79. The number of rotatable bonds is 5. The fourth-order valence-corrected chi connectivity index (χ4v) is 2.74. The minimum atomic E-state index is -3.91. The van der Waals surface area contributed by atoms with Crippen LogP contribution in [0.15, 0.2) is 33.7 Å². The third-order valence-electron chi connectivity index (χ3n) is 2.61. The van der Waals surface area contributed by atoms with Crippen molar-refractivity contribution in [3.05, 3.63) is 45.8 Å². The molecule has 0 atom stereocenters. The van der Waals surface area contributed by atoms with Gasteiger partial charge in [0.15, 0.2) is 5.76 Å². The van der Waals surface area contributed by atoms with Gasteiger partial charge in [-0.25, -0.2) is 13.1 Å². The second kappa shape index (κ2) is 5.50. The van der Waals surface area contributed by atoms with E-state index in [1.165, 1.54) is 0 Å². The van der Waals surface area contributed by atoms with Gasteiger partial charge in [-0.2, -0.15) is 0 Å². The second-order valence-electron chi connectivity index (χ2n) is 4.24. The maximum Gasteiger partial charge on any atom is 0.271 e. The summed E-state index contributed by atoms with van der Waals surface area (Å²) in [5.41, 5.74) is 5.70. The lowest BCUT2D eigenvalue weighted by atomic mass is 10.3. The van der Waals surface area contributed by atoms with E-state index >= 15 is 0 Å². The normalized spacial score (nSPS) is 11.5. The number of non-ortho nitro benzene ring substituents is 1. The van der Waals surface area contributed by atoms with Crippen LogP contribution in [0.25, 0.3) is 0 Å². The van der Waals surface area contributed by atoms with Gasteiger partial charge in [0.05, 0.1) is 22.8 Å². The van der Waals surface area contributed by atoms with Crippen molar-refractivity contribution < 1.29 is 17.9 Å². The molecule has 2 rings (SSSR count). The van der Waals surface area contributed by atoms with Crippen molar-refractivity contribution in [2.75, 3.05) is 5.73 Å². The summed E-state index contributed by atoms with van der Waals surface area (Å²) in [6.45, 7) is 1.61. The summed E-state index contributed by atoms with van der Waals surface area (Å²) in [6, 6.07) is 4.74. The van der Waals surface area contributed by atoms with Crippen LogP contribution >= 0.6 is 0 Å². The second-order valence-corrected chi connectivity index (χ2v) is 5.97. The summed E-state index contributed by atoms with van der Waals surface area (Å²) in [6.07, 6.45) is 0. The number of hydrogen-bond acceptors (Lipinski definition) is 7. The highest BCUT2D eigenvalue weighted by Crippen LogP contribution is 2.23. The van der Waals surface area contributed by atoms with Crippen LogP contribution in [0, 0.1) is 17.0 Å². The Labute approximate surface area is 119 Å². The van der Waals surface area contributed by atoms with Crippen molar-refractivity contribution in [1.29, 1.82) is 0 Å². The molecular weight excluding hydrogens is 300 g/mol. The fraction of sp³-hybridized carbons (Fsp3) is 0.182. The molecule has 1 aromatic heterocycles. The molecule has 1 heterocycles. The molecule has 0 aliphatic rings. The molecule has 0 aliphatic carbocycles. The maximum absolute atomic E-state index is 12.1. The number of aryl methyl sites for hydroxylation is 1. The topological polar surface area (TPSA) is 141 Å². The van der Waals surface area contributed by atoms with Crippen molar-refractivity contribution >= 4 is 21.4 Å². The Morgan fingerprint density at radius 1 is 1.43 bits per heavy atom. The molecule has 0 bridgehead atoms. The largest absolute Gasteiger partial charge is 0.397 e. The van der Waals surface area contributed by atoms with Crippen molar-refractivity contribution in [1.82, 2.24) is 9.88 Å². The first-order valence-corrected chi connectivity index (χ1v) is 7.23. The van der Waals surface area contributed by atoms with E-state index in [2.05, 4.69) is 9.88 Å². The van der Waals surface area contributed by atoms with Crippen LogP contribution in [0.1, 0.15) is 11.5 Å². The number of nitrogen functional groups attached to an aromatic ring is 1. The Morgan fingerprint density at radius 3 is 2.67 bits per heavy atom. The highest BCUT2D eigenvalue weighted by Gasteiger charge is 2.20. The summed E-state index contributed by atoms with van der Waals surface area (Å²) >= 11 is 0. The predicted molar refractivity (Wildman–Crippen MR) is 72.8 cm³/mol. The summed E-state index contributed by atoms with van der Waals surface area (Å²) in [4.78, 5) is 9.71. The number of nitro groups is 1. The summed E-state index contributed by atoms with van der Waals surface area (Å²) in [5.74, 6) is 0.344. The van der Waals surface area contributed by atoms with Crippen LogP contribution in [0.4, 0.5) is 11.4 Å². The number of nitro benzene ring substituents is 1. The van der Waals surface area contributed by atoms with Crippen molar-refractivity contribution in [2.24, 2.45) is 0 Å².